The van der Waals surface area contributed by atoms with Crippen LogP contribution in [0, 0.1) is 0 Å². The molecule has 1 aliphatic heterocycles. The van der Waals surface area contributed by atoms with E-state index in [4.69, 9.17) is 9.47 Å². The second-order valence-electron chi connectivity index (χ2n) is 8.58. The second-order valence-corrected chi connectivity index (χ2v) is 8.58. The molecule has 3 aromatic rings. The molecular weight excluding hydrogens is 392 g/mol. The van der Waals surface area contributed by atoms with Crippen LogP contribution in [0.1, 0.15) is 13.8 Å². The van der Waals surface area contributed by atoms with Gasteiger partial charge in [0.1, 0.15) is 17.9 Å². The van der Waals surface area contributed by atoms with E-state index in [0.29, 0.717) is 0 Å². The normalized spacial score (nSPS) is 15.2. The maximum atomic E-state index is 13.1. The fourth-order valence-electron chi connectivity index (χ4n) is 4.17. The van der Waals surface area contributed by atoms with Crippen LogP contribution in [0.3, 0.4) is 0 Å². The number of carbonyl (C=O) groups excluding carboxylic acids is 1. The molecule has 31 heavy (non-hydrogen) atoms. The van der Waals surface area contributed by atoms with E-state index in [9.17, 15) is 4.79 Å². The van der Waals surface area contributed by atoms with E-state index in [1.165, 1.54) is 0 Å². The number of pyridine rings is 1. The van der Waals surface area contributed by atoms with E-state index in [0.717, 1.165) is 60.9 Å². The summed E-state index contributed by atoms with van der Waals surface area (Å²) in [6.07, 6.45) is 1.76. The van der Waals surface area contributed by atoms with Gasteiger partial charge in [-0.15, -0.1) is 0 Å². The van der Waals surface area contributed by atoms with Crippen molar-refractivity contribution in [3.05, 3.63) is 48.7 Å². The molecule has 2 aromatic heterocycles. The Morgan fingerprint density at radius 2 is 1.94 bits per heavy atom. The Balaban J connectivity index is 1.55. The third-order valence-electron chi connectivity index (χ3n) is 5.54. The number of ether oxygens (including phenoxy) is 2. The molecule has 164 valence electrons. The summed E-state index contributed by atoms with van der Waals surface area (Å²) in [6, 6.07) is 13.9. The standard InChI is InChI=1S/C24H30N4O3/c1-24(2,17-27-11-13-31-14-12-27)26-22(29)16-28-21(15-19-5-4-10-25-23(19)28)18-6-8-20(30-3)9-7-18/h4-10,15H,11-14,16-17H2,1-3H3,(H,26,29). The molecular formula is C24H30N4O3. The van der Waals surface area contributed by atoms with Crippen molar-refractivity contribution in [2.45, 2.75) is 25.9 Å². The number of hydrogen-bond acceptors (Lipinski definition) is 5. The summed E-state index contributed by atoms with van der Waals surface area (Å²) in [4.78, 5) is 19.9. The molecule has 0 spiro atoms. The Labute approximate surface area is 183 Å². The first-order chi connectivity index (χ1) is 14.9. The van der Waals surface area contributed by atoms with Crippen molar-refractivity contribution in [3.8, 4) is 17.0 Å². The van der Waals surface area contributed by atoms with E-state index in [1.807, 2.05) is 41.0 Å². The summed E-state index contributed by atoms with van der Waals surface area (Å²) in [5, 5.41) is 4.22. The predicted molar refractivity (Wildman–Crippen MR) is 121 cm³/mol. The van der Waals surface area contributed by atoms with Crippen LogP contribution in [0.2, 0.25) is 0 Å². The van der Waals surface area contributed by atoms with Crippen molar-refractivity contribution in [1.29, 1.82) is 0 Å². The molecule has 0 saturated carbocycles. The minimum atomic E-state index is -0.342. The molecule has 4 rings (SSSR count). The molecule has 1 fully saturated rings. The molecule has 1 aliphatic rings. The fourth-order valence-corrected chi connectivity index (χ4v) is 4.17. The predicted octanol–water partition coefficient (Wildman–Crippen LogP) is 2.94. The lowest BCUT2D eigenvalue weighted by Crippen LogP contribution is -2.54. The van der Waals surface area contributed by atoms with Gasteiger partial charge < -0.3 is 19.4 Å². The van der Waals surface area contributed by atoms with Crippen LogP contribution < -0.4 is 10.1 Å². The third kappa shape index (κ3) is 5.06. The maximum absolute atomic E-state index is 13.1. The largest absolute Gasteiger partial charge is 0.497 e. The molecule has 1 aromatic carbocycles. The number of aromatic nitrogens is 2. The SMILES string of the molecule is COc1ccc(-c2cc3cccnc3n2CC(=O)NC(C)(C)CN2CCOCC2)cc1. The third-order valence-corrected chi connectivity index (χ3v) is 5.54. The monoisotopic (exact) mass is 422 g/mol. The van der Waals surface area contributed by atoms with Crippen LogP contribution in [0.4, 0.5) is 0 Å². The van der Waals surface area contributed by atoms with Crippen LogP contribution >= 0.6 is 0 Å². The first-order valence-electron chi connectivity index (χ1n) is 10.6. The number of benzene rings is 1. The number of fused-ring (bicyclic) bond motifs is 1. The Kier molecular flexibility index (Phi) is 6.25. The van der Waals surface area contributed by atoms with Gasteiger partial charge in [-0.1, -0.05) is 0 Å². The molecule has 1 N–H and O–H groups in total. The number of rotatable bonds is 7. The number of carbonyl (C=O) groups is 1. The van der Waals surface area contributed by atoms with Crippen molar-refractivity contribution in [3.63, 3.8) is 0 Å². The number of hydrogen-bond donors (Lipinski definition) is 1. The van der Waals surface area contributed by atoms with Gasteiger partial charge in [-0.3, -0.25) is 9.69 Å². The van der Waals surface area contributed by atoms with Gasteiger partial charge in [0.25, 0.3) is 0 Å². The minimum absolute atomic E-state index is 0.0313. The van der Waals surface area contributed by atoms with Crippen molar-refractivity contribution in [2.75, 3.05) is 40.0 Å². The number of amides is 1. The highest BCUT2D eigenvalue weighted by Crippen LogP contribution is 2.28. The number of nitrogens with one attached hydrogen (secondary N) is 1. The Hall–Kier alpha value is -2.90. The fraction of sp³-hybridized carbons (Fsp3) is 0.417. The van der Waals surface area contributed by atoms with Gasteiger partial charge in [-0.25, -0.2) is 4.98 Å². The first kappa shape index (κ1) is 21.3. The lowest BCUT2D eigenvalue weighted by molar-refractivity contribution is -0.123. The Morgan fingerprint density at radius 3 is 2.65 bits per heavy atom. The summed E-state index contributed by atoms with van der Waals surface area (Å²) in [5.41, 5.74) is 2.43. The smallest absolute Gasteiger partial charge is 0.240 e. The van der Waals surface area contributed by atoms with Crippen LogP contribution in [-0.4, -0.2) is 65.9 Å². The highest BCUT2D eigenvalue weighted by molar-refractivity contribution is 5.87. The van der Waals surface area contributed by atoms with Gasteiger partial charge in [0.2, 0.25) is 5.91 Å². The van der Waals surface area contributed by atoms with Gasteiger partial charge in [0.15, 0.2) is 0 Å². The van der Waals surface area contributed by atoms with Crippen LogP contribution in [-0.2, 0) is 16.1 Å². The van der Waals surface area contributed by atoms with Crippen molar-refractivity contribution in [2.24, 2.45) is 0 Å². The summed E-state index contributed by atoms with van der Waals surface area (Å²) in [7, 11) is 1.65. The zero-order chi connectivity index (χ0) is 21.8. The zero-order valence-electron chi connectivity index (χ0n) is 18.4. The molecule has 7 heteroatoms. The first-order valence-corrected chi connectivity index (χ1v) is 10.6. The van der Waals surface area contributed by atoms with E-state index in [2.05, 4.69) is 35.1 Å². The second kappa shape index (κ2) is 9.08. The molecule has 0 bridgehead atoms. The van der Waals surface area contributed by atoms with E-state index >= 15 is 0 Å². The maximum Gasteiger partial charge on any atom is 0.240 e. The summed E-state index contributed by atoms with van der Waals surface area (Å²) in [6.45, 7) is 8.41. The molecule has 1 amide bonds. The average molecular weight is 423 g/mol. The van der Waals surface area contributed by atoms with E-state index in [-0.39, 0.29) is 18.0 Å². The van der Waals surface area contributed by atoms with Crippen LogP contribution in [0.25, 0.3) is 22.3 Å². The zero-order valence-corrected chi connectivity index (χ0v) is 18.4. The molecule has 0 aliphatic carbocycles. The lowest BCUT2D eigenvalue weighted by atomic mass is 10.0. The Morgan fingerprint density at radius 1 is 1.19 bits per heavy atom. The molecule has 7 nitrogen and oxygen atoms in total. The van der Waals surface area contributed by atoms with E-state index in [1.54, 1.807) is 13.3 Å². The summed E-state index contributed by atoms with van der Waals surface area (Å²) in [5.74, 6) is 0.767. The van der Waals surface area contributed by atoms with Crippen molar-refractivity contribution < 1.29 is 14.3 Å². The quantitative estimate of drug-likeness (QED) is 0.634. The van der Waals surface area contributed by atoms with Gasteiger partial charge in [0.05, 0.1) is 26.0 Å². The van der Waals surface area contributed by atoms with Gasteiger partial charge in [-0.2, -0.15) is 0 Å². The van der Waals surface area contributed by atoms with Crippen LogP contribution in [0.15, 0.2) is 48.7 Å². The van der Waals surface area contributed by atoms with Gasteiger partial charge in [0, 0.05) is 36.8 Å². The highest BCUT2D eigenvalue weighted by atomic mass is 16.5. The topological polar surface area (TPSA) is 68.6 Å². The number of methoxy groups -OCH3 is 1. The molecule has 0 unspecified atom stereocenters. The minimum Gasteiger partial charge on any atom is -0.497 e. The van der Waals surface area contributed by atoms with E-state index < -0.39 is 0 Å². The molecule has 0 radical (unpaired) electrons. The van der Waals surface area contributed by atoms with Gasteiger partial charge >= 0.3 is 0 Å². The van der Waals surface area contributed by atoms with Gasteiger partial charge in [-0.05, 0) is 61.9 Å². The highest BCUT2D eigenvalue weighted by Gasteiger charge is 2.25. The molecule has 3 heterocycles. The van der Waals surface area contributed by atoms with Crippen molar-refractivity contribution >= 4 is 16.9 Å². The molecule has 1 saturated heterocycles. The summed E-state index contributed by atoms with van der Waals surface area (Å²) >= 11 is 0. The van der Waals surface area contributed by atoms with Crippen LogP contribution in [0.5, 0.6) is 5.75 Å². The Bertz CT molecular complexity index is 1040. The molecule has 0 atom stereocenters. The summed E-state index contributed by atoms with van der Waals surface area (Å²) < 4.78 is 12.7. The average Bonchev–Trinajstić information content (AvgIpc) is 3.12. The lowest BCUT2D eigenvalue weighted by Gasteiger charge is -2.35. The number of morpholine rings is 1. The van der Waals surface area contributed by atoms with Crippen molar-refractivity contribution in [1.82, 2.24) is 19.8 Å². The number of nitrogens with zero attached hydrogens (tertiary/aromatic N) is 3.